The molecule has 13 heteroatoms. The second-order valence-corrected chi connectivity index (χ2v) is 7.63. The van der Waals surface area contributed by atoms with Crippen LogP contribution in [0.2, 0.25) is 5.02 Å². The van der Waals surface area contributed by atoms with Gasteiger partial charge in [0.05, 0.1) is 11.8 Å². The van der Waals surface area contributed by atoms with Crippen LogP contribution in [0, 0.1) is 17.6 Å². The normalized spacial score (nSPS) is 18.2. The fraction of sp³-hybridized carbons (Fsp3) is 0.312. The quantitative estimate of drug-likeness (QED) is 0.297. The summed E-state index contributed by atoms with van der Waals surface area (Å²) >= 11 is 5.99. The number of anilines is 2. The van der Waals surface area contributed by atoms with Gasteiger partial charge in [-0.3, -0.25) is 9.46 Å². The van der Waals surface area contributed by atoms with Crippen LogP contribution < -0.4 is 9.62 Å². The number of nitrogens with zero attached hydrogens (tertiary/aromatic N) is 2. The summed E-state index contributed by atoms with van der Waals surface area (Å²) in [6, 6.07) is 4.45. The molecule has 2 atom stereocenters. The zero-order valence-electron chi connectivity index (χ0n) is 14.5. The third-order valence-corrected chi connectivity index (χ3v) is 5.50. The van der Waals surface area contributed by atoms with Crippen molar-refractivity contribution in [3.8, 4) is 0 Å². The number of rotatable bonds is 6. The smallest absolute Gasteiger partial charge is 0.367 e. The Bertz CT molecular complexity index is 947. The van der Waals surface area contributed by atoms with Crippen molar-refractivity contribution >= 4 is 34.1 Å². The predicted octanol–water partition coefficient (Wildman–Crippen LogP) is 1.47. The molecule has 0 amide bonds. The minimum Gasteiger partial charge on any atom is -0.367 e. The summed E-state index contributed by atoms with van der Waals surface area (Å²) in [5, 5.41) is 26.1. The second kappa shape index (κ2) is 8.42. The van der Waals surface area contributed by atoms with Crippen LogP contribution in [0.15, 0.2) is 29.2 Å². The maximum Gasteiger partial charge on any atom is 0.405 e. The van der Waals surface area contributed by atoms with Gasteiger partial charge in [0.2, 0.25) is 5.95 Å². The number of benzene rings is 1. The number of hydrogen-bond donors (Lipinski definition) is 4. The summed E-state index contributed by atoms with van der Waals surface area (Å²) in [5.74, 6) is -3.52. The summed E-state index contributed by atoms with van der Waals surface area (Å²) in [6.07, 6.45) is -3.96. The van der Waals surface area contributed by atoms with Gasteiger partial charge in [0.1, 0.15) is 21.6 Å². The number of hydrogen-bond acceptors (Lipinski definition) is 7. The summed E-state index contributed by atoms with van der Waals surface area (Å²) < 4.78 is 61.5. The maximum absolute atomic E-state index is 14.7. The van der Waals surface area contributed by atoms with E-state index in [0.29, 0.717) is 0 Å². The Hall–Kier alpha value is -1.96. The Balaban J connectivity index is 1.82. The zero-order chi connectivity index (χ0) is 21.3. The Morgan fingerprint density at radius 1 is 1.31 bits per heavy atom. The maximum atomic E-state index is 14.7. The van der Waals surface area contributed by atoms with Crippen molar-refractivity contribution in [1.82, 2.24) is 4.98 Å². The predicted molar refractivity (Wildman–Crippen MR) is 96.7 cm³/mol. The van der Waals surface area contributed by atoms with Gasteiger partial charge in [0.15, 0.2) is 16.8 Å². The van der Waals surface area contributed by atoms with E-state index in [1.54, 1.807) is 0 Å². The molecule has 2 heterocycles. The number of aromatic nitrogens is 1. The summed E-state index contributed by atoms with van der Waals surface area (Å²) in [6.45, 7) is 0.142. The van der Waals surface area contributed by atoms with Gasteiger partial charge in [-0.15, -0.1) is 0 Å². The van der Waals surface area contributed by atoms with E-state index in [-0.39, 0.29) is 31.0 Å². The lowest BCUT2D eigenvalue weighted by atomic mass is 10.2. The molecule has 158 valence electrons. The van der Waals surface area contributed by atoms with Crippen molar-refractivity contribution in [2.24, 2.45) is 0 Å². The average molecular weight is 454 g/mol. The van der Waals surface area contributed by atoms with E-state index in [9.17, 15) is 17.4 Å². The van der Waals surface area contributed by atoms with E-state index in [1.165, 1.54) is 17.0 Å². The molecule has 0 spiro atoms. The van der Waals surface area contributed by atoms with Crippen LogP contribution >= 0.6 is 11.6 Å². The topological polar surface area (TPSA) is 115 Å². The first kappa shape index (κ1) is 21.7. The van der Waals surface area contributed by atoms with E-state index < -0.39 is 50.7 Å². The van der Waals surface area contributed by atoms with E-state index in [1.807, 2.05) is 0 Å². The van der Waals surface area contributed by atoms with Gasteiger partial charge in [-0.25, -0.2) is 18.0 Å². The van der Waals surface area contributed by atoms with Gasteiger partial charge in [-0.2, -0.15) is 4.39 Å². The van der Waals surface area contributed by atoms with E-state index >= 15 is 0 Å². The first-order chi connectivity index (χ1) is 13.5. The number of nitrogens with one attached hydrogen (secondary N) is 1. The molecule has 8 nitrogen and oxygen atoms in total. The molecule has 0 bridgehead atoms. The van der Waals surface area contributed by atoms with Crippen LogP contribution in [-0.4, -0.2) is 49.9 Å². The standard InChI is InChI=1S/C16H15ClF3N3O5S/c17-13-10(23-5-4-8(7-23)28-16(24,25)26)6-9(18)15(14(13)20)29(27)22-12-3-1-2-11(19)21-12/h1-3,6,8,24-26H,4-5,7H2,(H,21,22). The second-order valence-electron chi connectivity index (χ2n) is 6.10. The molecule has 1 aromatic heterocycles. The largest absolute Gasteiger partial charge is 0.405 e. The fourth-order valence-corrected chi connectivity index (χ4v) is 4.08. The highest BCUT2D eigenvalue weighted by molar-refractivity contribution is 7.86. The monoisotopic (exact) mass is 453 g/mol. The molecule has 1 aliphatic heterocycles. The van der Waals surface area contributed by atoms with Crippen molar-refractivity contribution in [2.75, 3.05) is 22.7 Å². The Labute approximate surface area is 170 Å². The first-order valence-electron chi connectivity index (χ1n) is 8.13. The van der Waals surface area contributed by atoms with Crippen LogP contribution in [0.4, 0.5) is 24.7 Å². The molecule has 4 N–H and O–H groups in total. The first-order valence-corrected chi connectivity index (χ1v) is 9.66. The molecule has 1 saturated heterocycles. The average Bonchev–Trinajstić information content (AvgIpc) is 3.04. The molecule has 2 aromatic rings. The van der Waals surface area contributed by atoms with E-state index in [0.717, 1.165) is 12.1 Å². The lowest BCUT2D eigenvalue weighted by Gasteiger charge is -2.23. The van der Waals surface area contributed by atoms with Gasteiger partial charge in [0, 0.05) is 19.2 Å². The third-order valence-electron chi connectivity index (χ3n) is 4.01. The van der Waals surface area contributed by atoms with Crippen molar-refractivity contribution in [2.45, 2.75) is 23.6 Å². The molecular formula is C16H15ClF3N3O5S. The molecule has 0 radical (unpaired) electrons. The highest BCUT2D eigenvalue weighted by Gasteiger charge is 2.33. The van der Waals surface area contributed by atoms with Gasteiger partial charge in [0.25, 0.3) is 0 Å². The van der Waals surface area contributed by atoms with Crippen molar-refractivity contribution in [3.05, 3.63) is 46.9 Å². The van der Waals surface area contributed by atoms with Gasteiger partial charge < -0.3 is 20.2 Å². The Morgan fingerprint density at radius 3 is 2.69 bits per heavy atom. The number of ether oxygens (including phenoxy) is 1. The van der Waals surface area contributed by atoms with Crippen molar-refractivity contribution < 1.29 is 37.4 Å². The minimum atomic E-state index is -3.33. The molecule has 29 heavy (non-hydrogen) atoms. The number of aliphatic hydroxyl groups is 3. The van der Waals surface area contributed by atoms with E-state index in [4.69, 9.17) is 26.9 Å². The molecule has 2 unspecified atom stereocenters. The molecular weight excluding hydrogens is 439 g/mol. The molecule has 0 aliphatic carbocycles. The summed E-state index contributed by atoms with van der Waals surface area (Å²) in [5.41, 5.74) is -0.0724. The van der Waals surface area contributed by atoms with E-state index in [2.05, 4.69) is 14.4 Å². The Kier molecular flexibility index (Phi) is 6.31. The molecule has 1 aromatic carbocycles. The van der Waals surface area contributed by atoms with Crippen molar-refractivity contribution in [3.63, 3.8) is 0 Å². The summed E-state index contributed by atoms with van der Waals surface area (Å²) in [7, 11) is -2.46. The molecule has 3 rings (SSSR count). The van der Waals surface area contributed by atoms with Crippen LogP contribution in [0.3, 0.4) is 0 Å². The van der Waals surface area contributed by atoms with Crippen LogP contribution in [0.5, 0.6) is 0 Å². The number of pyridine rings is 1. The van der Waals surface area contributed by atoms with Gasteiger partial charge in [-0.05, 0) is 18.6 Å². The van der Waals surface area contributed by atoms with Gasteiger partial charge >= 0.3 is 6.16 Å². The highest BCUT2D eigenvalue weighted by Crippen LogP contribution is 2.36. The van der Waals surface area contributed by atoms with Crippen molar-refractivity contribution in [1.29, 1.82) is 0 Å². The molecule has 1 fully saturated rings. The lowest BCUT2D eigenvalue weighted by Crippen LogP contribution is -2.37. The fourth-order valence-electron chi connectivity index (χ4n) is 2.84. The Morgan fingerprint density at radius 2 is 2.03 bits per heavy atom. The third kappa shape index (κ3) is 5.15. The SMILES string of the molecule is O=S(Nc1cccc(F)n1)c1c(F)cc(N2CCC(OC(O)(O)O)C2)c(Cl)c1F. The zero-order valence-corrected chi connectivity index (χ0v) is 16.1. The van der Waals surface area contributed by atoms with Gasteiger partial charge in [-0.1, -0.05) is 17.7 Å². The van der Waals surface area contributed by atoms with Crippen LogP contribution in [-0.2, 0) is 15.7 Å². The number of halogens is 4. The molecule has 0 saturated carbocycles. The van der Waals surface area contributed by atoms with Crippen LogP contribution in [0.25, 0.3) is 0 Å². The van der Waals surface area contributed by atoms with Crippen LogP contribution in [0.1, 0.15) is 6.42 Å². The minimum absolute atomic E-state index is 0.0457. The molecule has 1 aliphatic rings. The lowest BCUT2D eigenvalue weighted by molar-refractivity contribution is -0.464. The summed E-state index contributed by atoms with van der Waals surface area (Å²) in [4.78, 5) is 3.94. The highest BCUT2D eigenvalue weighted by atomic mass is 35.5.